The number of amides is 1. The van der Waals surface area contributed by atoms with Crippen LogP contribution >= 0.6 is 12.4 Å². The molecule has 142 valence electrons. The summed E-state index contributed by atoms with van der Waals surface area (Å²) in [6.45, 7) is 3.67. The maximum Gasteiger partial charge on any atom is 0.246 e. The molecule has 0 bridgehead atoms. The molecular weight excluding hydrogens is 352 g/mol. The first-order valence-corrected chi connectivity index (χ1v) is 9.26. The zero-order valence-corrected chi connectivity index (χ0v) is 16.0. The van der Waals surface area contributed by atoms with Crippen LogP contribution in [0.5, 0.6) is 11.5 Å². The molecule has 1 unspecified atom stereocenters. The Morgan fingerprint density at radius 1 is 1.27 bits per heavy atom. The minimum Gasteiger partial charge on any atom is -0.454 e. The lowest BCUT2D eigenvalue weighted by Gasteiger charge is -2.37. The van der Waals surface area contributed by atoms with Gasteiger partial charge in [0.1, 0.15) is 0 Å². The van der Waals surface area contributed by atoms with Gasteiger partial charge in [0.15, 0.2) is 11.5 Å². The van der Waals surface area contributed by atoms with E-state index in [1.165, 1.54) is 32.4 Å². The first-order valence-electron chi connectivity index (χ1n) is 9.26. The molecule has 0 radical (unpaired) electrons. The SMILES string of the molecule is CN(C(=O)/C=C/c1ccc2c(c1)OCO2)C1CCCN(CC2CC2)C1.Cl. The first kappa shape index (κ1) is 19.1. The van der Waals surface area contributed by atoms with Gasteiger partial charge in [-0.05, 0) is 61.9 Å². The van der Waals surface area contributed by atoms with Crippen molar-refractivity contribution in [2.24, 2.45) is 5.92 Å². The van der Waals surface area contributed by atoms with Crippen molar-refractivity contribution in [3.63, 3.8) is 0 Å². The normalized spacial score (nSPS) is 22.3. The van der Waals surface area contributed by atoms with Gasteiger partial charge in [-0.25, -0.2) is 0 Å². The third kappa shape index (κ3) is 4.51. The Hall–Kier alpha value is -1.72. The lowest BCUT2D eigenvalue weighted by Crippen LogP contribution is -2.48. The number of benzene rings is 1. The average molecular weight is 379 g/mol. The molecule has 0 N–H and O–H groups in total. The summed E-state index contributed by atoms with van der Waals surface area (Å²) in [5.41, 5.74) is 0.949. The van der Waals surface area contributed by atoms with E-state index < -0.39 is 0 Å². The van der Waals surface area contributed by atoms with Crippen molar-refractivity contribution >= 4 is 24.4 Å². The van der Waals surface area contributed by atoms with Crippen LogP contribution in [0.2, 0.25) is 0 Å². The summed E-state index contributed by atoms with van der Waals surface area (Å²) < 4.78 is 10.7. The number of halogens is 1. The molecule has 1 saturated heterocycles. The summed E-state index contributed by atoms with van der Waals surface area (Å²) in [6.07, 6.45) is 8.56. The van der Waals surface area contributed by atoms with Crippen molar-refractivity contribution < 1.29 is 14.3 Å². The summed E-state index contributed by atoms with van der Waals surface area (Å²) in [7, 11) is 1.93. The molecule has 2 heterocycles. The van der Waals surface area contributed by atoms with E-state index >= 15 is 0 Å². The van der Waals surface area contributed by atoms with Gasteiger partial charge in [0.2, 0.25) is 12.7 Å². The maximum atomic E-state index is 12.6. The fourth-order valence-electron chi connectivity index (χ4n) is 3.66. The van der Waals surface area contributed by atoms with E-state index in [2.05, 4.69) is 4.90 Å². The second-order valence-corrected chi connectivity index (χ2v) is 7.39. The number of nitrogens with zero attached hydrogens (tertiary/aromatic N) is 2. The van der Waals surface area contributed by atoms with Crippen molar-refractivity contribution in [3.8, 4) is 11.5 Å². The molecule has 2 aliphatic heterocycles. The number of piperidine rings is 1. The minimum atomic E-state index is 0. The fourth-order valence-corrected chi connectivity index (χ4v) is 3.66. The number of ether oxygens (including phenoxy) is 2. The minimum absolute atomic E-state index is 0. The van der Waals surface area contributed by atoms with Crippen molar-refractivity contribution in [1.29, 1.82) is 0 Å². The van der Waals surface area contributed by atoms with Gasteiger partial charge in [0.25, 0.3) is 0 Å². The Bertz CT molecular complexity index is 675. The highest BCUT2D eigenvalue weighted by molar-refractivity contribution is 5.92. The molecule has 1 aromatic carbocycles. The summed E-state index contributed by atoms with van der Waals surface area (Å²) in [5, 5.41) is 0. The first-order chi connectivity index (χ1) is 12.2. The Balaban J connectivity index is 0.00000196. The zero-order chi connectivity index (χ0) is 17.2. The van der Waals surface area contributed by atoms with Gasteiger partial charge >= 0.3 is 0 Å². The van der Waals surface area contributed by atoms with Gasteiger partial charge in [-0.2, -0.15) is 0 Å². The van der Waals surface area contributed by atoms with Crippen LogP contribution in [-0.2, 0) is 4.79 Å². The third-order valence-electron chi connectivity index (χ3n) is 5.40. The lowest BCUT2D eigenvalue weighted by atomic mass is 10.0. The van der Waals surface area contributed by atoms with Gasteiger partial charge in [-0.15, -0.1) is 12.4 Å². The molecule has 1 atom stereocenters. The lowest BCUT2D eigenvalue weighted by molar-refractivity contribution is -0.127. The van der Waals surface area contributed by atoms with Crippen molar-refractivity contribution in [2.45, 2.75) is 31.7 Å². The fraction of sp³-hybridized carbons (Fsp3) is 0.550. The molecule has 1 amide bonds. The van der Waals surface area contributed by atoms with Crippen LogP contribution < -0.4 is 9.47 Å². The zero-order valence-electron chi connectivity index (χ0n) is 15.2. The van der Waals surface area contributed by atoms with E-state index in [9.17, 15) is 4.79 Å². The molecule has 4 rings (SSSR count). The third-order valence-corrected chi connectivity index (χ3v) is 5.40. The Morgan fingerprint density at radius 2 is 2.08 bits per heavy atom. The number of rotatable bonds is 5. The number of likely N-dealkylation sites (tertiary alicyclic amines) is 1. The molecule has 1 saturated carbocycles. The van der Waals surface area contributed by atoms with E-state index in [-0.39, 0.29) is 25.1 Å². The monoisotopic (exact) mass is 378 g/mol. The van der Waals surface area contributed by atoms with Crippen LogP contribution in [0, 0.1) is 5.92 Å². The van der Waals surface area contributed by atoms with Crippen LogP contribution in [0.4, 0.5) is 0 Å². The Kier molecular flexibility index (Phi) is 6.09. The van der Waals surface area contributed by atoms with E-state index in [1.54, 1.807) is 6.08 Å². The summed E-state index contributed by atoms with van der Waals surface area (Å²) in [6, 6.07) is 6.05. The van der Waals surface area contributed by atoms with Gasteiger partial charge in [0, 0.05) is 32.3 Å². The number of hydrogen-bond donors (Lipinski definition) is 0. The van der Waals surface area contributed by atoms with E-state index in [0.717, 1.165) is 35.9 Å². The highest BCUT2D eigenvalue weighted by atomic mass is 35.5. The van der Waals surface area contributed by atoms with Crippen LogP contribution in [-0.4, -0.2) is 55.2 Å². The summed E-state index contributed by atoms with van der Waals surface area (Å²) in [5.74, 6) is 2.48. The summed E-state index contributed by atoms with van der Waals surface area (Å²) >= 11 is 0. The molecule has 26 heavy (non-hydrogen) atoms. The summed E-state index contributed by atoms with van der Waals surface area (Å²) in [4.78, 5) is 17.0. The Labute approximate surface area is 161 Å². The second-order valence-electron chi connectivity index (χ2n) is 7.39. The molecular formula is C20H27ClN2O3. The number of carbonyl (C=O) groups is 1. The molecule has 1 aliphatic carbocycles. The van der Waals surface area contributed by atoms with Crippen molar-refractivity contribution in [1.82, 2.24) is 9.80 Å². The van der Waals surface area contributed by atoms with Crippen LogP contribution in [0.1, 0.15) is 31.2 Å². The predicted octanol–water partition coefficient (Wildman–Crippen LogP) is 3.18. The maximum absolute atomic E-state index is 12.6. The number of likely N-dealkylation sites (N-methyl/N-ethyl adjacent to an activating group) is 1. The van der Waals surface area contributed by atoms with E-state index in [1.807, 2.05) is 36.2 Å². The molecule has 0 aromatic heterocycles. The topological polar surface area (TPSA) is 42.0 Å². The van der Waals surface area contributed by atoms with Crippen molar-refractivity contribution in [2.75, 3.05) is 33.5 Å². The smallest absolute Gasteiger partial charge is 0.246 e. The van der Waals surface area contributed by atoms with Gasteiger partial charge < -0.3 is 19.3 Å². The van der Waals surface area contributed by atoms with Crippen molar-refractivity contribution in [3.05, 3.63) is 29.8 Å². The Morgan fingerprint density at radius 3 is 2.88 bits per heavy atom. The predicted molar refractivity (Wildman–Crippen MR) is 104 cm³/mol. The van der Waals surface area contributed by atoms with Crippen LogP contribution in [0.3, 0.4) is 0 Å². The van der Waals surface area contributed by atoms with Crippen LogP contribution in [0.15, 0.2) is 24.3 Å². The number of hydrogen-bond acceptors (Lipinski definition) is 4. The standard InChI is InChI=1S/C20H26N2O3.ClH/c1-21(17-3-2-10-22(13-17)12-16-4-5-16)20(23)9-7-15-6-8-18-19(11-15)25-14-24-18;/h6-9,11,16-17H,2-5,10,12-14H2,1H3;1H/b9-7+;. The average Bonchev–Trinajstić information content (AvgIpc) is 3.32. The molecule has 3 aliphatic rings. The van der Waals surface area contributed by atoms with E-state index in [0.29, 0.717) is 6.04 Å². The molecule has 5 nitrogen and oxygen atoms in total. The highest BCUT2D eigenvalue weighted by Gasteiger charge is 2.29. The largest absolute Gasteiger partial charge is 0.454 e. The van der Waals surface area contributed by atoms with Gasteiger partial charge in [-0.3, -0.25) is 4.79 Å². The molecule has 0 spiro atoms. The van der Waals surface area contributed by atoms with Crippen LogP contribution in [0.25, 0.3) is 6.08 Å². The quantitative estimate of drug-likeness (QED) is 0.738. The molecule has 1 aromatic rings. The molecule has 6 heteroatoms. The molecule has 2 fully saturated rings. The van der Waals surface area contributed by atoms with Gasteiger partial charge in [0.05, 0.1) is 0 Å². The van der Waals surface area contributed by atoms with E-state index in [4.69, 9.17) is 9.47 Å². The second kappa shape index (κ2) is 8.31. The van der Waals surface area contributed by atoms with Gasteiger partial charge in [-0.1, -0.05) is 6.07 Å². The number of carbonyl (C=O) groups excluding carboxylic acids is 1. The number of fused-ring (bicyclic) bond motifs is 1. The highest BCUT2D eigenvalue weighted by Crippen LogP contribution is 2.33.